The maximum atomic E-state index is 10.2. The zero-order chi connectivity index (χ0) is 14.4. The minimum Gasteiger partial charge on any atom is -0.392 e. The minimum absolute atomic E-state index is 0.441. The zero-order valence-electron chi connectivity index (χ0n) is 11.6. The third kappa shape index (κ3) is 4.36. The first-order chi connectivity index (χ1) is 9.65. The highest BCUT2D eigenvalue weighted by atomic mass is 16.3. The largest absolute Gasteiger partial charge is 0.392 e. The zero-order valence-corrected chi connectivity index (χ0v) is 11.6. The third-order valence-electron chi connectivity index (χ3n) is 2.99. The van der Waals surface area contributed by atoms with Gasteiger partial charge in [0.05, 0.1) is 18.8 Å². The van der Waals surface area contributed by atoms with Gasteiger partial charge in [0.15, 0.2) is 0 Å². The topological polar surface area (TPSA) is 61.5 Å². The van der Waals surface area contributed by atoms with Crippen molar-refractivity contribution in [2.24, 2.45) is 0 Å². The second-order valence-corrected chi connectivity index (χ2v) is 4.97. The van der Waals surface area contributed by atoms with Crippen molar-refractivity contribution in [1.29, 1.82) is 0 Å². The van der Waals surface area contributed by atoms with Crippen LogP contribution in [0.4, 0.5) is 5.69 Å². The van der Waals surface area contributed by atoms with Gasteiger partial charge in [0.25, 0.3) is 0 Å². The fraction of sp³-hybridized carbons (Fsp3) is 0.400. The maximum Gasteiger partial charge on any atom is 0.0910 e. The van der Waals surface area contributed by atoms with Gasteiger partial charge in [-0.25, -0.2) is 0 Å². The summed E-state index contributed by atoms with van der Waals surface area (Å²) in [6.45, 7) is 3.13. The number of anilines is 1. The van der Waals surface area contributed by atoms with Crippen molar-refractivity contribution in [3.05, 3.63) is 48.8 Å². The number of hydrogen-bond acceptors (Lipinski definition) is 4. The van der Waals surface area contributed by atoms with E-state index < -0.39 is 12.2 Å². The van der Waals surface area contributed by atoms with Gasteiger partial charge in [0.1, 0.15) is 0 Å². The second kappa shape index (κ2) is 7.07. The number of aromatic nitrogens is 2. The van der Waals surface area contributed by atoms with E-state index in [-0.39, 0.29) is 0 Å². The van der Waals surface area contributed by atoms with Crippen LogP contribution < -0.4 is 4.90 Å². The molecule has 0 aliphatic rings. The normalized spacial score (nSPS) is 13.9. The molecule has 20 heavy (non-hydrogen) atoms. The SMILES string of the molecule is CC(O)CN(CC(O)Cn1cccn1)c1ccccc1. The minimum atomic E-state index is -0.547. The Bertz CT molecular complexity index is 485. The average molecular weight is 275 g/mol. The first kappa shape index (κ1) is 14.6. The number of nitrogens with zero attached hydrogens (tertiary/aromatic N) is 3. The van der Waals surface area contributed by atoms with Crippen LogP contribution in [0.1, 0.15) is 6.92 Å². The number of para-hydroxylation sites is 1. The number of aliphatic hydroxyl groups is 2. The highest BCUT2D eigenvalue weighted by Gasteiger charge is 2.14. The first-order valence-electron chi connectivity index (χ1n) is 6.78. The van der Waals surface area contributed by atoms with Gasteiger partial charge < -0.3 is 15.1 Å². The van der Waals surface area contributed by atoms with Crippen LogP contribution in [0.15, 0.2) is 48.8 Å². The van der Waals surface area contributed by atoms with E-state index in [0.717, 1.165) is 5.69 Å². The molecule has 108 valence electrons. The van der Waals surface area contributed by atoms with Crippen molar-refractivity contribution in [3.63, 3.8) is 0 Å². The fourth-order valence-corrected chi connectivity index (χ4v) is 2.18. The van der Waals surface area contributed by atoms with Crippen molar-refractivity contribution >= 4 is 5.69 Å². The van der Waals surface area contributed by atoms with E-state index in [9.17, 15) is 10.2 Å². The van der Waals surface area contributed by atoms with Crippen molar-refractivity contribution in [2.75, 3.05) is 18.0 Å². The Kier molecular flexibility index (Phi) is 5.15. The molecule has 2 unspecified atom stereocenters. The molecule has 0 aliphatic heterocycles. The van der Waals surface area contributed by atoms with Crippen LogP contribution in [0.25, 0.3) is 0 Å². The molecule has 2 atom stereocenters. The summed E-state index contributed by atoms with van der Waals surface area (Å²) in [4.78, 5) is 1.98. The van der Waals surface area contributed by atoms with Crippen LogP contribution in [0.3, 0.4) is 0 Å². The first-order valence-corrected chi connectivity index (χ1v) is 6.78. The van der Waals surface area contributed by atoms with Crippen LogP contribution in [0.2, 0.25) is 0 Å². The Hall–Kier alpha value is -1.85. The van der Waals surface area contributed by atoms with Gasteiger partial charge >= 0.3 is 0 Å². The molecule has 0 fully saturated rings. The van der Waals surface area contributed by atoms with E-state index in [0.29, 0.717) is 19.6 Å². The van der Waals surface area contributed by atoms with Gasteiger partial charge in [-0.2, -0.15) is 5.10 Å². The fourth-order valence-electron chi connectivity index (χ4n) is 2.18. The molecule has 0 aliphatic carbocycles. The highest BCUT2D eigenvalue weighted by molar-refractivity contribution is 5.46. The van der Waals surface area contributed by atoms with Gasteiger partial charge in [-0.3, -0.25) is 4.68 Å². The molecule has 0 amide bonds. The maximum absolute atomic E-state index is 10.2. The van der Waals surface area contributed by atoms with E-state index in [2.05, 4.69) is 5.10 Å². The van der Waals surface area contributed by atoms with Crippen LogP contribution in [-0.4, -0.2) is 45.3 Å². The van der Waals surface area contributed by atoms with Crippen LogP contribution in [0.5, 0.6) is 0 Å². The van der Waals surface area contributed by atoms with Crippen LogP contribution >= 0.6 is 0 Å². The van der Waals surface area contributed by atoms with E-state index in [1.165, 1.54) is 0 Å². The van der Waals surface area contributed by atoms with Gasteiger partial charge in [-0.05, 0) is 25.1 Å². The second-order valence-electron chi connectivity index (χ2n) is 4.97. The van der Waals surface area contributed by atoms with Gasteiger partial charge in [-0.1, -0.05) is 18.2 Å². The lowest BCUT2D eigenvalue weighted by Crippen LogP contribution is -2.38. The van der Waals surface area contributed by atoms with Crippen molar-refractivity contribution in [3.8, 4) is 0 Å². The van der Waals surface area contributed by atoms with Crippen molar-refractivity contribution in [1.82, 2.24) is 9.78 Å². The van der Waals surface area contributed by atoms with Crippen molar-refractivity contribution < 1.29 is 10.2 Å². The molecule has 0 saturated heterocycles. The van der Waals surface area contributed by atoms with Gasteiger partial charge in [0, 0.05) is 31.2 Å². The van der Waals surface area contributed by atoms with Crippen LogP contribution in [-0.2, 0) is 6.54 Å². The third-order valence-corrected chi connectivity index (χ3v) is 2.99. The molecule has 1 heterocycles. The lowest BCUT2D eigenvalue weighted by Gasteiger charge is -2.28. The molecule has 1 aromatic heterocycles. The summed E-state index contributed by atoms with van der Waals surface area (Å²) in [6.07, 6.45) is 2.52. The molecule has 2 N–H and O–H groups in total. The molecular formula is C15H21N3O2. The Morgan fingerprint density at radius 2 is 1.90 bits per heavy atom. The molecule has 5 heteroatoms. The Morgan fingerprint density at radius 3 is 2.50 bits per heavy atom. The molecule has 0 saturated carbocycles. The van der Waals surface area contributed by atoms with Crippen LogP contribution in [0, 0.1) is 0 Å². The van der Waals surface area contributed by atoms with Gasteiger partial charge in [-0.15, -0.1) is 0 Å². The molecule has 2 rings (SSSR count). The predicted molar refractivity (Wildman–Crippen MR) is 78.6 cm³/mol. The summed E-state index contributed by atoms with van der Waals surface area (Å²) in [5.41, 5.74) is 0.993. The summed E-state index contributed by atoms with van der Waals surface area (Å²) in [7, 11) is 0. The number of hydrogen-bond donors (Lipinski definition) is 2. The average Bonchev–Trinajstić information content (AvgIpc) is 2.91. The molecule has 1 aromatic carbocycles. The van der Waals surface area contributed by atoms with Crippen molar-refractivity contribution in [2.45, 2.75) is 25.7 Å². The molecule has 0 spiro atoms. The Labute approximate surface area is 119 Å². The highest BCUT2D eigenvalue weighted by Crippen LogP contribution is 2.14. The quantitative estimate of drug-likeness (QED) is 0.795. The molecule has 5 nitrogen and oxygen atoms in total. The summed E-state index contributed by atoms with van der Waals surface area (Å²) in [5, 5.41) is 23.9. The predicted octanol–water partition coefficient (Wildman–Crippen LogP) is 1.13. The molecule has 0 radical (unpaired) electrons. The van der Waals surface area contributed by atoms with E-state index in [1.807, 2.05) is 47.5 Å². The molecular weight excluding hydrogens is 254 g/mol. The number of rotatable bonds is 7. The monoisotopic (exact) mass is 275 g/mol. The molecule has 0 bridgehead atoms. The summed E-state index contributed by atoms with van der Waals surface area (Å²) in [5.74, 6) is 0. The lowest BCUT2D eigenvalue weighted by atomic mass is 10.2. The van der Waals surface area contributed by atoms with E-state index in [4.69, 9.17) is 0 Å². The Morgan fingerprint density at radius 1 is 1.15 bits per heavy atom. The standard InChI is InChI=1S/C15H21N3O2/c1-13(19)10-17(14-6-3-2-4-7-14)11-15(20)12-18-9-5-8-16-18/h2-9,13,15,19-20H,10-12H2,1H3. The van der Waals surface area contributed by atoms with Gasteiger partial charge in [0.2, 0.25) is 0 Å². The number of aliphatic hydroxyl groups excluding tert-OH is 2. The molecule has 2 aromatic rings. The summed E-state index contributed by atoms with van der Waals surface area (Å²) in [6, 6.07) is 11.6. The smallest absolute Gasteiger partial charge is 0.0910 e. The van der Waals surface area contributed by atoms with E-state index in [1.54, 1.807) is 17.8 Å². The Balaban J connectivity index is 2.00. The number of benzene rings is 1. The summed E-state index contributed by atoms with van der Waals surface area (Å²) < 4.78 is 1.70. The van der Waals surface area contributed by atoms with E-state index >= 15 is 0 Å². The lowest BCUT2D eigenvalue weighted by molar-refractivity contribution is 0.146. The summed E-state index contributed by atoms with van der Waals surface area (Å²) >= 11 is 0.